The van der Waals surface area contributed by atoms with Crippen molar-refractivity contribution in [3.8, 4) is 0 Å². The molecular formula is C106H238N6O4S. The van der Waals surface area contributed by atoms with Crippen LogP contribution in [0.3, 0.4) is 0 Å². The Labute approximate surface area is 751 Å². The van der Waals surface area contributed by atoms with Crippen LogP contribution in [0.1, 0.15) is 488 Å². The molecule has 1 aromatic carbocycles. The van der Waals surface area contributed by atoms with Gasteiger partial charge in [-0.1, -0.05) is 420 Å². The van der Waals surface area contributed by atoms with Gasteiger partial charge in [-0.3, -0.25) is 14.5 Å². The molecule has 10 nitrogen and oxygen atoms in total. The predicted octanol–water partition coefficient (Wildman–Crippen LogP) is 34.4. The molecule has 0 bridgehead atoms. The van der Waals surface area contributed by atoms with Crippen LogP contribution in [0.4, 0.5) is 0 Å². The molecule has 8 fully saturated rings. The number of nitrogens with one attached hydrogen (secondary N) is 5. The summed E-state index contributed by atoms with van der Waals surface area (Å²) in [5, 5.41) is 20.2. The fourth-order valence-electron chi connectivity index (χ4n) is 7.84. The Hall–Kier alpha value is -2.22. The number of amides is 2. The van der Waals surface area contributed by atoms with Gasteiger partial charge in [0.1, 0.15) is 0 Å². The van der Waals surface area contributed by atoms with Gasteiger partial charge in [0.05, 0.1) is 24.3 Å². The van der Waals surface area contributed by atoms with Crippen molar-refractivity contribution in [1.29, 1.82) is 0 Å². The predicted molar refractivity (Wildman–Crippen MR) is 555 cm³/mol. The van der Waals surface area contributed by atoms with E-state index in [0.29, 0.717) is 11.1 Å². The summed E-state index contributed by atoms with van der Waals surface area (Å²) in [6.45, 7) is 116. The Bertz CT molecular complexity index is 1410. The summed E-state index contributed by atoms with van der Waals surface area (Å²) >= 11 is 1.71. The molecule has 0 atom stereocenters. The highest BCUT2D eigenvalue weighted by Crippen LogP contribution is 2.35. The van der Waals surface area contributed by atoms with Crippen molar-refractivity contribution in [2.24, 2.45) is 59.2 Å². The van der Waals surface area contributed by atoms with Gasteiger partial charge in [0.15, 0.2) is 0 Å². The highest BCUT2D eigenvalue weighted by Gasteiger charge is 2.36. The maximum atomic E-state index is 11.8. The summed E-state index contributed by atoms with van der Waals surface area (Å²) in [5.41, 5.74) is 1.04. The summed E-state index contributed by atoms with van der Waals surface area (Å²) < 4.78 is 10.1. The zero-order chi connectivity index (χ0) is 95.3. The second-order valence-corrected chi connectivity index (χ2v) is 33.4. The Morgan fingerprint density at radius 3 is 0.556 bits per heavy atom. The van der Waals surface area contributed by atoms with Crippen LogP contribution in [0, 0.1) is 59.2 Å². The molecule has 3 saturated carbocycles. The molecule has 117 heavy (non-hydrogen) atoms. The molecule has 0 unspecified atom stereocenters. The smallest absolute Gasteiger partial charge is 0.261 e. The van der Waals surface area contributed by atoms with Gasteiger partial charge in [0.25, 0.3) is 11.8 Å². The van der Waals surface area contributed by atoms with Crippen molar-refractivity contribution < 1.29 is 19.1 Å². The number of piperidine rings is 1. The molecule has 2 aromatic rings. The largest absolute Gasteiger partial charge is 0.381 e. The molecule has 1 aromatic heterocycles. The zero-order valence-electron chi connectivity index (χ0n) is 90.7. The highest BCUT2D eigenvalue weighted by molar-refractivity contribution is 7.07. The molecule has 2 amide bonds. The van der Waals surface area contributed by atoms with Crippen LogP contribution >= 0.6 is 11.3 Å². The SMILES string of the molecule is C1CCCC1.C1CCCCC1.C1CCNC1.C1CCNCC1.C1CCOCC1.C1CNCCN1.C1COCCN1.CC.CC.CC.CC.CC.CC.CC.CC.CC.CC.CC(C)C.CC(C)C.CC(C)C.CC(C)C.CC(C)C.CC(C)C.CC(C)C.CC(C)C.CC(C)C1CC1.CC(C)N1C(=O)c2ccccc2C1=O.c1ccsc1. The Balaban J connectivity index is -0.0000000602. The summed E-state index contributed by atoms with van der Waals surface area (Å²) in [6.07, 6.45) is 30.4. The molecule has 11 rings (SSSR count). The third-order valence-electron chi connectivity index (χ3n) is 12.1. The number of fused-ring (bicyclic) bond motifs is 1. The zero-order valence-corrected chi connectivity index (χ0v) is 91.5. The van der Waals surface area contributed by atoms with E-state index in [1.807, 2.05) is 175 Å². The third kappa shape index (κ3) is 218. The van der Waals surface area contributed by atoms with E-state index in [1.165, 1.54) is 166 Å². The number of piperazine rings is 1. The Kier molecular flexibility index (Phi) is 205. The molecule has 722 valence electrons. The van der Waals surface area contributed by atoms with E-state index in [2.05, 4.69) is 207 Å². The highest BCUT2D eigenvalue weighted by atomic mass is 32.1. The van der Waals surface area contributed by atoms with Crippen LogP contribution < -0.4 is 26.6 Å². The van der Waals surface area contributed by atoms with E-state index in [4.69, 9.17) is 9.47 Å². The molecule has 5 N–H and O–H groups in total. The maximum absolute atomic E-state index is 11.8. The number of hydrogen-bond acceptors (Lipinski definition) is 10. The average Bonchev–Trinajstić information content (AvgIpc) is 1.64. The fraction of sp³-hybridized carbons (Fsp3) is 0.887. The number of carbonyl (C=O) groups excluding carboxylic acids is 2. The van der Waals surface area contributed by atoms with Crippen LogP contribution in [0.2, 0.25) is 0 Å². The van der Waals surface area contributed by atoms with Crippen LogP contribution in [0.15, 0.2) is 47.2 Å². The van der Waals surface area contributed by atoms with Gasteiger partial charge in [-0.15, -0.1) is 0 Å². The van der Waals surface area contributed by atoms with Gasteiger partial charge in [-0.2, -0.15) is 11.3 Å². The number of imide groups is 1. The second kappa shape index (κ2) is 155. The van der Waals surface area contributed by atoms with Crippen LogP contribution in [0.25, 0.3) is 0 Å². The second-order valence-electron chi connectivity index (χ2n) is 32.5. The summed E-state index contributed by atoms with van der Waals surface area (Å²) in [6, 6.07) is 10.9. The first-order valence-electron chi connectivity index (χ1n) is 50.4. The van der Waals surface area contributed by atoms with E-state index in [-0.39, 0.29) is 17.9 Å². The van der Waals surface area contributed by atoms with E-state index in [1.54, 1.807) is 35.6 Å². The lowest BCUT2D eigenvalue weighted by molar-refractivity contribution is 0.0608. The normalized spacial score (nSPS) is 14.5. The van der Waals surface area contributed by atoms with Crippen molar-refractivity contribution in [3.05, 3.63) is 58.3 Å². The van der Waals surface area contributed by atoms with Gasteiger partial charge in [0, 0.05) is 58.5 Å². The third-order valence-corrected chi connectivity index (χ3v) is 12.8. The lowest BCUT2D eigenvalue weighted by Gasteiger charge is -2.17. The number of hydrogen-bond donors (Lipinski definition) is 5. The van der Waals surface area contributed by atoms with Gasteiger partial charge in [-0.25, -0.2) is 0 Å². The Morgan fingerprint density at radius 2 is 0.453 bits per heavy atom. The molecular weight excluding hydrogens is 1450 g/mol. The van der Waals surface area contributed by atoms with Gasteiger partial charge < -0.3 is 36.1 Å². The van der Waals surface area contributed by atoms with E-state index in [0.717, 1.165) is 125 Å². The number of nitrogens with zero attached hydrogens (tertiary/aromatic N) is 1. The fourth-order valence-corrected chi connectivity index (χ4v) is 8.30. The van der Waals surface area contributed by atoms with Crippen LogP contribution in [0.5, 0.6) is 0 Å². The molecule has 9 aliphatic rings. The van der Waals surface area contributed by atoms with Gasteiger partial charge in [-0.05, 0) is 180 Å². The number of ether oxygens (including phenoxy) is 2. The lowest BCUT2D eigenvalue weighted by Crippen LogP contribution is -2.39. The minimum Gasteiger partial charge on any atom is -0.381 e. The molecule has 6 aliphatic heterocycles. The first-order valence-corrected chi connectivity index (χ1v) is 51.4. The van der Waals surface area contributed by atoms with Crippen molar-refractivity contribution in [2.75, 3.05) is 91.9 Å². The minimum absolute atomic E-state index is 0.0811. The van der Waals surface area contributed by atoms with Crippen LogP contribution in [-0.4, -0.2) is 115 Å². The number of carbonyl (C=O) groups is 2. The van der Waals surface area contributed by atoms with Crippen molar-refractivity contribution in [3.63, 3.8) is 0 Å². The molecule has 0 spiro atoms. The number of morpholine rings is 1. The van der Waals surface area contributed by atoms with E-state index in [9.17, 15) is 9.59 Å². The summed E-state index contributed by atoms with van der Waals surface area (Å²) in [4.78, 5) is 24.8. The summed E-state index contributed by atoms with van der Waals surface area (Å²) in [5.74, 6) is 8.37. The topological polar surface area (TPSA) is 116 Å². The average molecular weight is 1690 g/mol. The van der Waals surface area contributed by atoms with Crippen molar-refractivity contribution in [1.82, 2.24) is 31.5 Å². The molecule has 5 saturated heterocycles. The first kappa shape index (κ1) is 155. The Morgan fingerprint density at radius 1 is 0.265 bits per heavy atom. The minimum atomic E-state index is -0.180. The monoisotopic (exact) mass is 1690 g/mol. The lowest BCUT2D eigenvalue weighted by atomic mass is 10.0. The van der Waals surface area contributed by atoms with Gasteiger partial charge >= 0.3 is 0 Å². The standard InChI is InChI=1S/C11H11NO2.2C6H12.C5H11N.C5H10O.C5H10.C4H10N2.C4H9NO.C4H9N.C4H4S.8C4H10.10C2H6/c1-7(2)12-10(13)8-5-3-4-6-9(8)11(12)14;1-5(2)6-3-4-6;3*1-2-4-6-5-3-1;1-2-4-5-3-1;1-2-6-4-3-5-1;1-3-6-4-2-5-1;2*1-2-4-5-3-1;8*1-4(2)3;10*1-2/h3-7H,1-2H3;5-6H,3-4H2,1-2H3;1-6H2;6H,1-5H2;1-5H2;1-5H2;5-6H,1-4H2;5H,1-4H2;5H,1-4H2;1-4H;8*4H,1-3H3;10*1-2H3. The van der Waals surface area contributed by atoms with E-state index >= 15 is 0 Å². The van der Waals surface area contributed by atoms with Crippen LogP contribution in [-0.2, 0) is 9.47 Å². The first-order chi connectivity index (χ1) is 55.8. The number of rotatable bonds is 2. The maximum Gasteiger partial charge on any atom is 0.261 e. The molecule has 3 aliphatic carbocycles. The molecule has 0 radical (unpaired) electrons. The quantitative estimate of drug-likeness (QED) is 0.188. The van der Waals surface area contributed by atoms with Gasteiger partial charge in [0.2, 0.25) is 0 Å². The molecule has 11 heteroatoms. The number of thiophene rings is 1. The van der Waals surface area contributed by atoms with Crippen molar-refractivity contribution in [2.45, 2.75) is 473 Å². The summed E-state index contributed by atoms with van der Waals surface area (Å²) in [7, 11) is 0. The van der Waals surface area contributed by atoms with E-state index < -0.39 is 0 Å². The molecule has 7 heterocycles. The number of benzene rings is 1. The van der Waals surface area contributed by atoms with Crippen molar-refractivity contribution >= 4 is 23.2 Å².